The van der Waals surface area contributed by atoms with Crippen molar-refractivity contribution in [3.8, 4) is 17.2 Å². The first-order valence-corrected chi connectivity index (χ1v) is 11.1. The van der Waals surface area contributed by atoms with Gasteiger partial charge in [0.05, 0.1) is 38.9 Å². The number of nitrogens with two attached hydrogens (primary N) is 1. The number of nitrogen functional groups attached to an aromatic ring is 1. The van der Waals surface area contributed by atoms with Gasteiger partial charge in [-0.15, -0.1) is 0 Å². The Kier molecular flexibility index (Phi) is 7.21. The van der Waals surface area contributed by atoms with Gasteiger partial charge < -0.3 is 34.6 Å². The third kappa shape index (κ3) is 4.65. The number of aromatic nitrogens is 3. The van der Waals surface area contributed by atoms with Gasteiger partial charge in [0.15, 0.2) is 17.1 Å². The van der Waals surface area contributed by atoms with E-state index >= 15 is 0 Å². The number of carbonyl (C=O) groups excluding carboxylic acids is 1. The van der Waals surface area contributed by atoms with Crippen molar-refractivity contribution in [2.75, 3.05) is 47.3 Å². The van der Waals surface area contributed by atoms with Crippen molar-refractivity contribution in [1.82, 2.24) is 19.9 Å². The topological polar surface area (TPSA) is 123 Å². The summed E-state index contributed by atoms with van der Waals surface area (Å²) >= 11 is 0. The molecule has 0 saturated carbocycles. The Hall–Kier alpha value is -4.05. The highest BCUT2D eigenvalue weighted by Gasteiger charge is 2.24. The number of benzene rings is 2. The fourth-order valence-corrected chi connectivity index (χ4v) is 4.02. The molecule has 0 atom stereocenters. The molecule has 0 radical (unpaired) electrons. The number of carbonyl (C=O) groups is 1. The molecule has 2 aromatic heterocycles. The van der Waals surface area contributed by atoms with Gasteiger partial charge in [-0.2, -0.15) is 0 Å². The molecule has 0 saturated heterocycles. The maximum absolute atomic E-state index is 13.2. The fourth-order valence-electron chi connectivity index (χ4n) is 4.02. The van der Waals surface area contributed by atoms with E-state index in [-0.39, 0.29) is 11.7 Å². The van der Waals surface area contributed by atoms with Crippen LogP contribution >= 0.6 is 0 Å². The standard InChI is InChI=1S/C25H29N5O5/c1-32-11-7-10-27-25(31)20-21-24(29-17-9-6-5-8-16(17)28-21)30(23(20)26)14-15-12-18(33-2)22(35-4)19(13-15)34-3/h5-6,8-9,12-13H,7,10-11,14,26H2,1-4H3,(H,27,31). The molecular formula is C25H29N5O5. The first-order valence-electron chi connectivity index (χ1n) is 11.1. The van der Waals surface area contributed by atoms with E-state index in [2.05, 4.69) is 5.32 Å². The number of amides is 1. The van der Waals surface area contributed by atoms with Gasteiger partial charge in [0.25, 0.3) is 5.91 Å². The lowest BCUT2D eigenvalue weighted by Gasteiger charge is -2.15. The lowest BCUT2D eigenvalue weighted by atomic mass is 10.1. The highest BCUT2D eigenvalue weighted by molar-refractivity contribution is 6.10. The summed E-state index contributed by atoms with van der Waals surface area (Å²) in [5.41, 5.74) is 10.0. The predicted molar refractivity (Wildman–Crippen MR) is 133 cm³/mol. The van der Waals surface area contributed by atoms with Crippen molar-refractivity contribution in [3.63, 3.8) is 0 Å². The molecule has 3 N–H and O–H groups in total. The fraction of sp³-hybridized carbons (Fsp3) is 0.320. The molecule has 4 rings (SSSR count). The van der Waals surface area contributed by atoms with E-state index in [1.807, 2.05) is 36.4 Å². The van der Waals surface area contributed by atoms with Crippen LogP contribution in [-0.4, -0.2) is 62.0 Å². The minimum Gasteiger partial charge on any atom is -0.493 e. The van der Waals surface area contributed by atoms with Crippen LogP contribution in [-0.2, 0) is 11.3 Å². The van der Waals surface area contributed by atoms with Crippen LogP contribution < -0.4 is 25.3 Å². The number of ether oxygens (including phenoxy) is 4. The molecule has 10 heteroatoms. The molecular weight excluding hydrogens is 450 g/mol. The zero-order valence-electron chi connectivity index (χ0n) is 20.3. The Morgan fingerprint density at radius 1 is 1.00 bits per heavy atom. The zero-order valence-corrected chi connectivity index (χ0v) is 20.3. The summed E-state index contributed by atoms with van der Waals surface area (Å²) in [4.78, 5) is 22.7. The molecule has 2 aromatic carbocycles. The summed E-state index contributed by atoms with van der Waals surface area (Å²) in [7, 11) is 6.29. The average Bonchev–Trinajstić information content (AvgIpc) is 3.14. The number of nitrogens with one attached hydrogen (secondary N) is 1. The number of para-hydroxylation sites is 2. The van der Waals surface area contributed by atoms with Crippen LogP contribution in [0.3, 0.4) is 0 Å². The van der Waals surface area contributed by atoms with Crippen LogP contribution in [0.5, 0.6) is 17.2 Å². The van der Waals surface area contributed by atoms with E-state index in [1.165, 1.54) is 0 Å². The highest BCUT2D eigenvalue weighted by atomic mass is 16.5. The number of nitrogens with zero attached hydrogens (tertiary/aromatic N) is 3. The molecule has 0 aliphatic rings. The summed E-state index contributed by atoms with van der Waals surface area (Å²) in [6.45, 7) is 1.30. The predicted octanol–water partition coefficient (Wildman–Crippen LogP) is 3.01. The van der Waals surface area contributed by atoms with Crippen LogP contribution in [0.15, 0.2) is 36.4 Å². The van der Waals surface area contributed by atoms with Crippen LogP contribution in [0.4, 0.5) is 5.82 Å². The normalized spacial score (nSPS) is 11.1. The SMILES string of the molecule is COCCCNC(=O)c1c(N)n(Cc2cc(OC)c(OC)c(OC)c2)c2nc3ccccc3nc12. The third-order valence-corrected chi connectivity index (χ3v) is 5.69. The second-order valence-electron chi connectivity index (χ2n) is 7.87. The van der Waals surface area contributed by atoms with Crippen molar-refractivity contribution in [3.05, 3.63) is 47.5 Å². The Bertz CT molecular complexity index is 1340. The lowest BCUT2D eigenvalue weighted by Crippen LogP contribution is -2.26. The number of anilines is 1. The molecule has 0 unspecified atom stereocenters. The molecule has 0 fully saturated rings. The molecule has 0 aliphatic carbocycles. The first-order chi connectivity index (χ1) is 17.0. The average molecular weight is 480 g/mol. The van der Waals surface area contributed by atoms with Crippen molar-refractivity contribution in [1.29, 1.82) is 0 Å². The van der Waals surface area contributed by atoms with Crippen LogP contribution in [0, 0.1) is 0 Å². The number of hydrogen-bond donors (Lipinski definition) is 2. The summed E-state index contributed by atoms with van der Waals surface area (Å²) < 4.78 is 23.3. The summed E-state index contributed by atoms with van der Waals surface area (Å²) in [5.74, 6) is 1.49. The van der Waals surface area contributed by atoms with E-state index in [1.54, 1.807) is 33.0 Å². The van der Waals surface area contributed by atoms with Crippen molar-refractivity contribution >= 4 is 33.9 Å². The smallest absolute Gasteiger partial charge is 0.257 e. The Balaban J connectivity index is 1.84. The van der Waals surface area contributed by atoms with E-state index in [4.69, 9.17) is 34.6 Å². The maximum atomic E-state index is 13.2. The number of hydrogen-bond acceptors (Lipinski definition) is 8. The largest absolute Gasteiger partial charge is 0.493 e. The van der Waals surface area contributed by atoms with Gasteiger partial charge in [-0.25, -0.2) is 9.97 Å². The van der Waals surface area contributed by atoms with Gasteiger partial charge in [-0.1, -0.05) is 12.1 Å². The monoisotopic (exact) mass is 479 g/mol. The van der Waals surface area contributed by atoms with Gasteiger partial charge in [-0.3, -0.25) is 4.79 Å². The second-order valence-corrected chi connectivity index (χ2v) is 7.87. The van der Waals surface area contributed by atoms with Crippen molar-refractivity contribution < 1.29 is 23.7 Å². The maximum Gasteiger partial charge on any atom is 0.257 e. The van der Waals surface area contributed by atoms with Gasteiger partial charge in [0.2, 0.25) is 5.75 Å². The van der Waals surface area contributed by atoms with Crippen LogP contribution in [0.1, 0.15) is 22.3 Å². The first kappa shape index (κ1) is 24.1. The van der Waals surface area contributed by atoms with E-state index in [9.17, 15) is 4.79 Å². The third-order valence-electron chi connectivity index (χ3n) is 5.69. The second kappa shape index (κ2) is 10.5. The Morgan fingerprint density at radius 3 is 2.26 bits per heavy atom. The Morgan fingerprint density at radius 2 is 1.66 bits per heavy atom. The molecule has 2 heterocycles. The van der Waals surface area contributed by atoms with Crippen LogP contribution in [0.25, 0.3) is 22.2 Å². The summed E-state index contributed by atoms with van der Waals surface area (Å²) in [6.07, 6.45) is 0.681. The van der Waals surface area contributed by atoms with Crippen LogP contribution in [0.2, 0.25) is 0 Å². The summed E-state index contributed by atoms with van der Waals surface area (Å²) in [5, 5.41) is 2.91. The van der Waals surface area contributed by atoms with E-state index in [0.29, 0.717) is 71.1 Å². The molecule has 0 bridgehead atoms. The van der Waals surface area contributed by atoms with Gasteiger partial charge in [0, 0.05) is 20.3 Å². The van der Waals surface area contributed by atoms with Gasteiger partial charge in [0.1, 0.15) is 16.9 Å². The molecule has 35 heavy (non-hydrogen) atoms. The number of fused-ring (bicyclic) bond motifs is 2. The van der Waals surface area contributed by atoms with Crippen molar-refractivity contribution in [2.45, 2.75) is 13.0 Å². The molecule has 0 aliphatic heterocycles. The van der Waals surface area contributed by atoms with E-state index in [0.717, 1.165) is 5.56 Å². The number of rotatable bonds is 10. The minimum absolute atomic E-state index is 0.272. The van der Waals surface area contributed by atoms with E-state index < -0.39 is 0 Å². The molecule has 4 aromatic rings. The quantitative estimate of drug-likeness (QED) is 0.333. The molecule has 184 valence electrons. The molecule has 10 nitrogen and oxygen atoms in total. The highest BCUT2D eigenvalue weighted by Crippen LogP contribution is 2.39. The van der Waals surface area contributed by atoms with Crippen molar-refractivity contribution in [2.24, 2.45) is 0 Å². The van der Waals surface area contributed by atoms with Gasteiger partial charge >= 0.3 is 0 Å². The zero-order chi connectivity index (χ0) is 24.9. The molecule has 1 amide bonds. The lowest BCUT2D eigenvalue weighted by molar-refractivity contribution is 0.0951. The Labute approximate surface area is 203 Å². The number of methoxy groups -OCH3 is 4. The minimum atomic E-state index is -0.308. The summed E-state index contributed by atoms with van der Waals surface area (Å²) in [6, 6.07) is 11.2. The molecule has 0 spiro atoms. The van der Waals surface area contributed by atoms with Gasteiger partial charge in [-0.05, 0) is 36.2 Å².